The first kappa shape index (κ1) is 18.7. The van der Waals surface area contributed by atoms with E-state index in [0.29, 0.717) is 10.8 Å². The quantitative estimate of drug-likeness (QED) is 0.305. The summed E-state index contributed by atoms with van der Waals surface area (Å²) in [5.41, 5.74) is 7.96. The SMILES string of the molecule is Cc1cccc(Cl)c1Oc1cc(N/N=C(\C#N)C(=N)N)cc([N+](=O)[O-])c1. The van der Waals surface area contributed by atoms with Gasteiger partial charge in [0.05, 0.1) is 21.7 Å². The Morgan fingerprint density at radius 3 is 2.77 bits per heavy atom. The molecule has 0 aliphatic carbocycles. The fraction of sp³-hybridized carbons (Fsp3) is 0.0625. The number of nitro benzene ring substituents is 1. The number of hydrogen-bond donors (Lipinski definition) is 3. The fourth-order valence-corrected chi connectivity index (χ4v) is 2.20. The van der Waals surface area contributed by atoms with Crippen molar-refractivity contribution in [2.75, 3.05) is 5.43 Å². The number of nitrogens with one attached hydrogen (secondary N) is 2. The third kappa shape index (κ3) is 4.46. The van der Waals surface area contributed by atoms with Crippen LogP contribution in [0.1, 0.15) is 5.56 Å². The minimum atomic E-state index is -0.600. The number of nitriles is 1. The van der Waals surface area contributed by atoms with Crippen molar-refractivity contribution in [3.8, 4) is 17.6 Å². The van der Waals surface area contributed by atoms with Gasteiger partial charge in [-0.3, -0.25) is 20.9 Å². The Morgan fingerprint density at radius 1 is 1.46 bits per heavy atom. The Bertz CT molecular complexity index is 931. The number of hydrazone groups is 1. The summed E-state index contributed by atoms with van der Waals surface area (Å²) in [6, 6.07) is 10.7. The summed E-state index contributed by atoms with van der Waals surface area (Å²) >= 11 is 6.11. The highest BCUT2D eigenvalue weighted by molar-refractivity contribution is 6.45. The van der Waals surface area contributed by atoms with Crippen LogP contribution in [0.4, 0.5) is 11.4 Å². The molecule has 2 aromatic rings. The molecular weight excluding hydrogens is 360 g/mol. The molecule has 0 fully saturated rings. The maximum Gasteiger partial charge on any atom is 0.275 e. The topological polar surface area (TPSA) is 150 Å². The number of amidine groups is 1. The lowest BCUT2D eigenvalue weighted by Gasteiger charge is -2.11. The van der Waals surface area contributed by atoms with Crippen LogP contribution in [0.3, 0.4) is 0 Å². The van der Waals surface area contributed by atoms with Crippen LogP contribution in [0.25, 0.3) is 0 Å². The lowest BCUT2D eigenvalue weighted by molar-refractivity contribution is -0.384. The van der Waals surface area contributed by atoms with E-state index in [0.717, 1.165) is 5.56 Å². The smallest absolute Gasteiger partial charge is 0.275 e. The number of hydrogen-bond acceptors (Lipinski definition) is 7. The number of aryl methyl sites for hydroxylation is 1. The molecule has 2 aromatic carbocycles. The van der Waals surface area contributed by atoms with E-state index >= 15 is 0 Å². The number of anilines is 1. The van der Waals surface area contributed by atoms with Gasteiger partial charge in [0.25, 0.3) is 5.69 Å². The maximum atomic E-state index is 11.1. The van der Waals surface area contributed by atoms with Gasteiger partial charge in [-0.2, -0.15) is 10.4 Å². The molecule has 132 valence electrons. The zero-order chi connectivity index (χ0) is 19.3. The molecule has 0 radical (unpaired) electrons. The Labute approximate surface area is 153 Å². The monoisotopic (exact) mass is 372 g/mol. The summed E-state index contributed by atoms with van der Waals surface area (Å²) in [7, 11) is 0. The zero-order valence-electron chi connectivity index (χ0n) is 13.5. The molecule has 4 N–H and O–H groups in total. The fourth-order valence-electron chi connectivity index (χ4n) is 1.94. The van der Waals surface area contributed by atoms with Crippen LogP contribution in [0, 0.1) is 33.8 Å². The first-order valence-electron chi connectivity index (χ1n) is 7.12. The second-order valence-corrected chi connectivity index (χ2v) is 5.47. The van der Waals surface area contributed by atoms with E-state index in [1.54, 1.807) is 31.2 Å². The molecule has 10 heteroatoms. The second kappa shape index (κ2) is 7.96. The minimum absolute atomic E-state index is 0.148. The average molecular weight is 373 g/mol. The van der Waals surface area contributed by atoms with Crippen molar-refractivity contribution in [2.24, 2.45) is 10.8 Å². The molecule has 2 rings (SSSR count). The molecule has 26 heavy (non-hydrogen) atoms. The Hall–Kier alpha value is -3.64. The molecule has 0 heterocycles. The van der Waals surface area contributed by atoms with Crippen LogP contribution in [0.5, 0.6) is 11.5 Å². The van der Waals surface area contributed by atoms with E-state index in [1.165, 1.54) is 18.2 Å². The van der Waals surface area contributed by atoms with Crippen molar-refractivity contribution in [1.82, 2.24) is 0 Å². The maximum absolute atomic E-state index is 11.1. The standard InChI is InChI=1S/C16H13ClN6O3/c1-9-3-2-4-13(17)15(9)26-12-6-10(5-11(7-12)23(24)25)21-22-14(8-18)16(19)20/h2-7,21H,1H3,(H3,19,20)/b22-14+. The first-order chi connectivity index (χ1) is 12.3. The van der Waals surface area contributed by atoms with Gasteiger partial charge < -0.3 is 10.5 Å². The number of halogens is 1. The second-order valence-electron chi connectivity index (χ2n) is 5.06. The summed E-state index contributed by atoms with van der Waals surface area (Å²) in [6.45, 7) is 1.79. The molecule has 0 atom stereocenters. The average Bonchev–Trinajstić information content (AvgIpc) is 2.58. The van der Waals surface area contributed by atoms with Crippen LogP contribution >= 0.6 is 11.6 Å². The van der Waals surface area contributed by atoms with Crippen LogP contribution in [0.2, 0.25) is 5.02 Å². The van der Waals surface area contributed by atoms with E-state index in [-0.39, 0.29) is 22.8 Å². The molecule has 0 aliphatic rings. The highest BCUT2D eigenvalue weighted by Crippen LogP contribution is 2.35. The van der Waals surface area contributed by atoms with Crippen LogP contribution in [-0.2, 0) is 0 Å². The van der Waals surface area contributed by atoms with Gasteiger partial charge in [0.15, 0.2) is 5.84 Å². The van der Waals surface area contributed by atoms with Gasteiger partial charge >= 0.3 is 0 Å². The van der Waals surface area contributed by atoms with Gasteiger partial charge in [-0.05, 0) is 18.6 Å². The largest absolute Gasteiger partial charge is 0.455 e. The van der Waals surface area contributed by atoms with Crippen molar-refractivity contribution in [2.45, 2.75) is 6.92 Å². The molecule has 0 aromatic heterocycles. The van der Waals surface area contributed by atoms with E-state index in [1.807, 2.05) is 0 Å². The van der Waals surface area contributed by atoms with Gasteiger partial charge in [-0.1, -0.05) is 23.7 Å². The number of nitrogens with zero attached hydrogens (tertiary/aromatic N) is 3. The highest BCUT2D eigenvalue weighted by Gasteiger charge is 2.14. The number of ether oxygens (including phenoxy) is 1. The Balaban J connectivity index is 2.41. The number of nitro groups is 1. The number of nitrogens with two attached hydrogens (primary N) is 1. The zero-order valence-corrected chi connectivity index (χ0v) is 14.2. The van der Waals surface area contributed by atoms with Crippen molar-refractivity contribution in [3.63, 3.8) is 0 Å². The predicted molar refractivity (Wildman–Crippen MR) is 97.9 cm³/mol. The normalized spacial score (nSPS) is 10.7. The summed E-state index contributed by atoms with van der Waals surface area (Å²) in [5, 5.41) is 31.2. The minimum Gasteiger partial charge on any atom is -0.455 e. The van der Waals surface area contributed by atoms with Crippen LogP contribution in [0.15, 0.2) is 41.5 Å². The van der Waals surface area contributed by atoms with E-state index in [2.05, 4.69) is 10.5 Å². The molecule has 0 amide bonds. The molecule has 0 bridgehead atoms. The Morgan fingerprint density at radius 2 is 2.19 bits per heavy atom. The van der Waals surface area contributed by atoms with Gasteiger partial charge in [-0.25, -0.2) is 0 Å². The van der Waals surface area contributed by atoms with Crippen molar-refractivity contribution >= 4 is 34.5 Å². The first-order valence-corrected chi connectivity index (χ1v) is 7.50. The lowest BCUT2D eigenvalue weighted by Crippen LogP contribution is -2.21. The van der Waals surface area contributed by atoms with Crippen molar-refractivity contribution in [1.29, 1.82) is 10.7 Å². The molecule has 9 nitrogen and oxygen atoms in total. The van der Waals surface area contributed by atoms with E-state index in [9.17, 15) is 10.1 Å². The van der Waals surface area contributed by atoms with Gasteiger partial charge in [-0.15, -0.1) is 0 Å². The van der Waals surface area contributed by atoms with Crippen molar-refractivity contribution < 1.29 is 9.66 Å². The van der Waals surface area contributed by atoms with Gasteiger partial charge in [0, 0.05) is 12.1 Å². The number of rotatable bonds is 6. The van der Waals surface area contributed by atoms with Gasteiger partial charge in [0.2, 0.25) is 5.71 Å². The summed E-state index contributed by atoms with van der Waals surface area (Å²) < 4.78 is 5.70. The number of para-hydroxylation sites is 1. The summed E-state index contributed by atoms with van der Waals surface area (Å²) in [6.07, 6.45) is 0. The Kier molecular flexibility index (Phi) is 5.72. The third-order valence-corrected chi connectivity index (χ3v) is 3.44. The number of non-ortho nitro benzene ring substituents is 1. The molecule has 0 spiro atoms. The van der Waals surface area contributed by atoms with Crippen LogP contribution in [-0.4, -0.2) is 16.5 Å². The summed E-state index contributed by atoms with van der Waals surface area (Å²) in [5.74, 6) is -0.0198. The lowest BCUT2D eigenvalue weighted by atomic mass is 10.2. The molecule has 0 unspecified atom stereocenters. The van der Waals surface area contributed by atoms with E-state index in [4.69, 9.17) is 32.7 Å². The molecular formula is C16H13ClN6O3. The highest BCUT2D eigenvalue weighted by atomic mass is 35.5. The molecule has 0 saturated carbocycles. The third-order valence-electron chi connectivity index (χ3n) is 3.14. The van der Waals surface area contributed by atoms with Crippen molar-refractivity contribution in [3.05, 3.63) is 57.1 Å². The molecule has 0 saturated heterocycles. The summed E-state index contributed by atoms with van der Waals surface area (Å²) in [4.78, 5) is 10.5. The van der Waals surface area contributed by atoms with Crippen LogP contribution < -0.4 is 15.9 Å². The predicted octanol–water partition coefficient (Wildman–Crippen LogP) is 3.58. The molecule has 0 aliphatic heterocycles. The van der Waals surface area contributed by atoms with Gasteiger partial charge in [0.1, 0.15) is 17.6 Å². The number of benzene rings is 2. The van der Waals surface area contributed by atoms with E-state index < -0.39 is 10.8 Å².